The lowest BCUT2D eigenvalue weighted by molar-refractivity contribution is -0.113. The molecule has 1 aromatic rings. The number of benzene rings is 1. The van der Waals surface area contributed by atoms with Gasteiger partial charge in [0.15, 0.2) is 5.78 Å². The van der Waals surface area contributed by atoms with Gasteiger partial charge in [0.2, 0.25) is 0 Å². The van der Waals surface area contributed by atoms with Gasteiger partial charge >= 0.3 is 6.09 Å². The third kappa shape index (κ3) is 4.41. The lowest BCUT2D eigenvalue weighted by Gasteiger charge is -2.19. The maximum absolute atomic E-state index is 12.4. The van der Waals surface area contributed by atoms with E-state index < -0.39 is 6.09 Å². The van der Waals surface area contributed by atoms with Gasteiger partial charge in [-0.15, -0.1) is 0 Å². The zero-order valence-corrected chi connectivity index (χ0v) is 14.4. The molecule has 0 aromatic heterocycles. The van der Waals surface area contributed by atoms with Crippen LogP contribution in [-0.4, -0.2) is 17.6 Å². The first-order chi connectivity index (χ1) is 11.4. The normalized spacial score (nSPS) is 14.4. The molecule has 0 radical (unpaired) electrons. The second-order valence-corrected chi connectivity index (χ2v) is 6.22. The highest BCUT2D eigenvalue weighted by Crippen LogP contribution is 2.25. The molecule has 0 bridgehead atoms. The van der Waals surface area contributed by atoms with Crippen LogP contribution in [0.15, 0.2) is 58.8 Å². The van der Waals surface area contributed by atoms with Gasteiger partial charge in [-0.2, -0.15) is 0 Å². The quantitative estimate of drug-likeness (QED) is 0.508. The number of rotatable bonds is 4. The van der Waals surface area contributed by atoms with Crippen LogP contribution in [-0.2, 0) is 9.63 Å². The number of hydrogen-bond donors (Lipinski definition) is 1. The molecule has 0 saturated carbocycles. The highest BCUT2D eigenvalue weighted by atomic mass is 16.7. The van der Waals surface area contributed by atoms with Gasteiger partial charge in [-0.05, 0) is 36.1 Å². The molecule has 126 valence electrons. The van der Waals surface area contributed by atoms with Gasteiger partial charge in [0, 0.05) is 16.8 Å². The molecule has 1 aromatic carbocycles. The van der Waals surface area contributed by atoms with Crippen LogP contribution in [0.5, 0.6) is 0 Å². The molecule has 5 nitrogen and oxygen atoms in total. The zero-order chi connectivity index (χ0) is 17.7. The van der Waals surface area contributed by atoms with E-state index in [0.29, 0.717) is 22.5 Å². The predicted octanol–water partition coefficient (Wildman–Crippen LogP) is 4.34. The molecule has 1 aliphatic carbocycles. The number of Topliss-reactive ketones (excluding diaryl/α,β-unsaturated/α-hetero) is 1. The highest BCUT2D eigenvalue weighted by Gasteiger charge is 2.25. The maximum Gasteiger partial charge on any atom is 0.437 e. The molecule has 0 unspecified atom stereocenters. The fourth-order valence-corrected chi connectivity index (χ4v) is 2.32. The van der Waals surface area contributed by atoms with Crippen molar-refractivity contribution in [2.75, 3.05) is 5.32 Å². The number of oxime groups is 1. The molecule has 24 heavy (non-hydrogen) atoms. The Morgan fingerprint density at radius 2 is 1.54 bits per heavy atom. The topological polar surface area (TPSA) is 67.8 Å². The summed E-state index contributed by atoms with van der Waals surface area (Å²) < 4.78 is 0. The summed E-state index contributed by atoms with van der Waals surface area (Å²) in [5.41, 5.74) is 2.43. The number of anilines is 1. The second-order valence-electron chi connectivity index (χ2n) is 6.22. The third-order valence-electron chi connectivity index (χ3n) is 3.63. The molecule has 0 saturated heterocycles. The van der Waals surface area contributed by atoms with Crippen LogP contribution in [0.2, 0.25) is 0 Å². The van der Waals surface area contributed by atoms with Crippen molar-refractivity contribution in [2.45, 2.75) is 27.7 Å². The van der Waals surface area contributed by atoms with E-state index in [1.54, 1.807) is 24.3 Å². The summed E-state index contributed by atoms with van der Waals surface area (Å²) in [6, 6.07) is 8.97. The Kier molecular flexibility index (Phi) is 5.68. The van der Waals surface area contributed by atoms with Crippen molar-refractivity contribution in [3.05, 3.63) is 53.6 Å². The van der Waals surface area contributed by atoms with Crippen LogP contribution in [0.4, 0.5) is 10.5 Å². The molecular weight excluding hydrogens is 304 g/mol. The van der Waals surface area contributed by atoms with Crippen LogP contribution >= 0.6 is 0 Å². The number of nitrogens with zero attached hydrogens (tertiary/aromatic N) is 1. The molecular formula is C19H22N2O3. The average molecular weight is 326 g/mol. The summed E-state index contributed by atoms with van der Waals surface area (Å²) in [7, 11) is 0. The first kappa shape index (κ1) is 17.7. The van der Waals surface area contributed by atoms with Crippen molar-refractivity contribution in [1.29, 1.82) is 0 Å². The SMILES string of the molecule is CC(C)C1=CC(=NOC(=O)Nc2ccccc2)C=C(C(C)C)C1=O. The molecule has 5 heteroatoms. The van der Waals surface area contributed by atoms with Crippen LogP contribution in [0.3, 0.4) is 0 Å². The van der Waals surface area contributed by atoms with Crippen LogP contribution in [0.1, 0.15) is 27.7 Å². The van der Waals surface area contributed by atoms with Crippen molar-refractivity contribution in [2.24, 2.45) is 17.0 Å². The lowest BCUT2D eigenvalue weighted by atomic mass is 9.84. The summed E-state index contributed by atoms with van der Waals surface area (Å²) in [6.45, 7) is 7.81. The van der Waals surface area contributed by atoms with Crippen molar-refractivity contribution < 1.29 is 14.4 Å². The van der Waals surface area contributed by atoms with Crippen molar-refractivity contribution in [3.63, 3.8) is 0 Å². The number of allylic oxidation sites excluding steroid dienone is 4. The van der Waals surface area contributed by atoms with Gasteiger partial charge in [0.1, 0.15) is 5.71 Å². The van der Waals surface area contributed by atoms with E-state index in [1.165, 1.54) is 0 Å². The molecule has 1 aliphatic rings. The molecule has 0 atom stereocenters. The number of para-hydroxylation sites is 1. The van der Waals surface area contributed by atoms with E-state index in [0.717, 1.165) is 0 Å². The molecule has 0 heterocycles. The summed E-state index contributed by atoms with van der Waals surface area (Å²) in [5.74, 6) is 0.180. The van der Waals surface area contributed by atoms with E-state index in [-0.39, 0.29) is 17.6 Å². The Bertz CT molecular complexity index is 683. The fourth-order valence-electron chi connectivity index (χ4n) is 2.32. The van der Waals surface area contributed by atoms with Gasteiger partial charge in [-0.25, -0.2) is 4.79 Å². The van der Waals surface area contributed by atoms with Gasteiger partial charge in [0.25, 0.3) is 0 Å². The Labute approximate surface area is 142 Å². The Morgan fingerprint density at radius 3 is 2.04 bits per heavy atom. The standard InChI is InChI=1S/C19H22N2O3/c1-12(2)16-10-15(11-17(13(3)4)18(16)22)21-24-19(23)20-14-8-6-5-7-9-14/h5-13H,1-4H3,(H,20,23). The van der Waals surface area contributed by atoms with E-state index in [2.05, 4.69) is 10.5 Å². The Morgan fingerprint density at radius 1 is 1.00 bits per heavy atom. The molecule has 1 amide bonds. The highest BCUT2D eigenvalue weighted by molar-refractivity contribution is 6.22. The molecule has 0 aliphatic heterocycles. The third-order valence-corrected chi connectivity index (χ3v) is 3.63. The predicted molar refractivity (Wildman–Crippen MR) is 94.8 cm³/mol. The van der Waals surface area contributed by atoms with Gasteiger partial charge in [-0.1, -0.05) is 51.0 Å². The van der Waals surface area contributed by atoms with Crippen molar-refractivity contribution in [3.8, 4) is 0 Å². The number of carbonyl (C=O) groups excluding carboxylic acids is 2. The van der Waals surface area contributed by atoms with Crippen LogP contribution < -0.4 is 5.32 Å². The molecule has 2 rings (SSSR count). The van der Waals surface area contributed by atoms with Crippen LogP contribution in [0.25, 0.3) is 0 Å². The Hall–Kier alpha value is -2.69. The van der Waals surface area contributed by atoms with E-state index in [4.69, 9.17) is 4.84 Å². The molecule has 1 N–H and O–H groups in total. The zero-order valence-electron chi connectivity index (χ0n) is 14.4. The number of hydrogen-bond acceptors (Lipinski definition) is 4. The van der Waals surface area contributed by atoms with Crippen molar-refractivity contribution in [1.82, 2.24) is 0 Å². The molecule has 0 spiro atoms. The molecule has 0 fully saturated rings. The fraction of sp³-hybridized carbons (Fsp3) is 0.316. The minimum atomic E-state index is -0.676. The monoisotopic (exact) mass is 326 g/mol. The van der Waals surface area contributed by atoms with E-state index in [1.807, 2.05) is 45.9 Å². The van der Waals surface area contributed by atoms with Crippen LogP contribution in [0, 0.1) is 11.8 Å². The first-order valence-corrected chi connectivity index (χ1v) is 7.97. The van der Waals surface area contributed by atoms with Gasteiger partial charge in [-0.3, -0.25) is 14.9 Å². The van der Waals surface area contributed by atoms with Gasteiger partial charge in [0.05, 0.1) is 0 Å². The summed E-state index contributed by atoms with van der Waals surface area (Å²) in [6.07, 6.45) is 2.67. The largest absolute Gasteiger partial charge is 0.437 e. The van der Waals surface area contributed by atoms with E-state index >= 15 is 0 Å². The lowest BCUT2D eigenvalue weighted by Crippen LogP contribution is -2.21. The number of amides is 1. The number of ketones is 1. The summed E-state index contributed by atoms with van der Waals surface area (Å²) in [5, 5.41) is 6.46. The van der Waals surface area contributed by atoms with Gasteiger partial charge < -0.3 is 0 Å². The maximum atomic E-state index is 12.4. The van der Waals surface area contributed by atoms with E-state index in [9.17, 15) is 9.59 Å². The number of carbonyl (C=O) groups is 2. The average Bonchev–Trinajstić information content (AvgIpc) is 2.54. The second kappa shape index (κ2) is 7.73. The number of nitrogens with one attached hydrogen (secondary N) is 1. The smallest absolute Gasteiger partial charge is 0.297 e. The van der Waals surface area contributed by atoms with Crippen molar-refractivity contribution >= 4 is 23.3 Å². The summed E-state index contributed by atoms with van der Waals surface area (Å²) >= 11 is 0. The minimum Gasteiger partial charge on any atom is -0.297 e. The Balaban J connectivity index is 2.14. The summed E-state index contributed by atoms with van der Waals surface area (Å²) in [4.78, 5) is 29.1. The first-order valence-electron chi connectivity index (χ1n) is 7.97. The minimum absolute atomic E-state index is 0.0349.